The van der Waals surface area contributed by atoms with E-state index in [9.17, 15) is 4.79 Å². The van der Waals surface area contributed by atoms with Crippen molar-refractivity contribution in [1.82, 2.24) is 29.5 Å². The van der Waals surface area contributed by atoms with Crippen molar-refractivity contribution < 1.29 is 23.4 Å². The van der Waals surface area contributed by atoms with Crippen LogP contribution in [0, 0.1) is 5.82 Å². The summed E-state index contributed by atoms with van der Waals surface area (Å²) in [6.07, 6.45) is 3.94. The third kappa shape index (κ3) is 9.88. The summed E-state index contributed by atoms with van der Waals surface area (Å²) >= 11 is 0. The Kier molecular flexibility index (Phi) is 12.4. The lowest BCUT2D eigenvalue weighted by atomic mass is 9.93. The molecule has 5 aromatic rings. The van der Waals surface area contributed by atoms with E-state index in [2.05, 4.69) is 68.2 Å². The number of hydrogen-bond acceptors (Lipinski definition) is 6. The normalized spacial score (nSPS) is 14.6. The van der Waals surface area contributed by atoms with Crippen molar-refractivity contribution in [2.24, 2.45) is 0 Å². The Morgan fingerprint density at radius 2 is 1.63 bits per heavy atom. The first-order chi connectivity index (χ1) is 27.3. The molecule has 0 bridgehead atoms. The number of halogens is 1. The molecule has 2 aromatic heterocycles. The molecule has 0 unspecified atom stereocenters. The predicted octanol–water partition coefficient (Wildman–Crippen LogP) is 10.0. The molecule has 0 radical (unpaired) electrons. The topological polar surface area (TPSA) is 95.7 Å². The van der Waals surface area contributed by atoms with Gasteiger partial charge in [-0.15, -0.1) is 0 Å². The highest BCUT2D eigenvalue weighted by Crippen LogP contribution is 2.37. The van der Waals surface area contributed by atoms with E-state index < -0.39 is 22.0 Å². The van der Waals surface area contributed by atoms with Crippen molar-refractivity contribution in [1.29, 1.82) is 0 Å². The van der Waals surface area contributed by atoms with E-state index in [4.69, 9.17) is 24.3 Å². The van der Waals surface area contributed by atoms with Gasteiger partial charge in [0.1, 0.15) is 25.8 Å². The van der Waals surface area contributed by atoms with Gasteiger partial charge in [-0.1, -0.05) is 82.6 Å². The summed E-state index contributed by atoms with van der Waals surface area (Å²) < 4.78 is 38.4. The second-order valence-corrected chi connectivity index (χ2v) is 29.3. The number of ether oxygens (including phenoxy) is 3. The van der Waals surface area contributed by atoms with Crippen LogP contribution in [0.25, 0.3) is 33.5 Å². The lowest BCUT2D eigenvalue weighted by Crippen LogP contribution is -2.45. The molecule has 7 rings (SSSR count). The van der Waals surface area contributed by atoms with Crippen LogP contribution in [0.3, 0.4) is 0 Å². The van der Waals surface area contributed by atoms with Gasteiger partial charge in [0, 0.05) is 40.8 Å². The lowest BCUT2D eigenvalue weighted by molar-refractivity contribution is 0.0814. The molecular formula is C44H59FN6O4Si2. The van der Waals surface area contributed by atoms with E-state index in [1.165, 1.54) is 0 Å². The maximum absolute atomic E-state index is 15.7. The molecule has 1 aliphatic carbocycles. The van der Waals surface area contributed by atoms with Gasteiger partial charge in [0.25, 0.3) is 0 Å². The highest BCUT2D eigenvalue weighted by atomic mass is 28.3. The van der Waals surface area contributed by atoms with Crippen LogP contribution in [0.2, 0.25) is 51.4 Å². The molecule has 57 heavy (non-hydrogen) atoms. The maximum atomic E-state index is 15.7. The summed E-state index contributed by atoms with van der Waals surface area (Å²) in [6.45, 7) is 19.2. The number of fused-ring (bicyclic) bond motifs is 2. The molecule has 304 valence electrons. The van der Waals surface area contributed by atoms with Gasteiger partial charge in [-0.25, -0.2) is 18.9 Å². The number of imidazole rings is 1. The van der Waals surface area contributed by atoms with Crippen LogP contribution in [0.5, 0.6) is 5.75 Å². The maximum Gasteiger partial charge on any atom is 0.318 e. The Balaban J connectivity index is 1.24. The fraction of sp³-hybridized carbons (Fsp3) is 0.477. The molecular weight excluding hydrogens is 752 g/mol. The zero-order valence-corrected chi connectivity index (χ0v) is 36.8. The van der Waals surface area contributed by atoms with Gasteiger partial charge < -0.3 is 29.0 Å². The molecule has 13 heteroatoms. The molecule has 3 heterocycles. The van der Waals surface area contributed by atoms with Gasteiger partial charge in [-0.3, -0.25) is 0 Å². The average molecular weight is 811 g/mol. The van der Waals surface area contributed by atoms with Crippen LogP contribution in [-0.2, 0) is 49.1 Å². The molecule has 1 fully saturated rings. The molecule has 0 spiro atoms. The molecule has 0 saturated heterocycles. The van der Waals surface area contributed by atoms with Crippen LogP contribution in [0.1, 0.15) is 48.7 Å². The Morgan fingerprint density at radius 3 is 2.30 bits per heavy atom. The van der Waals surface area contributed by atoms with Crippen molar-refractivity contribution in [3.8, 4) is 28.4 Å². The lowest BCUT2D eigenvalue weighted by Gasteiger charge is -2.29. The first-order valence-electron chi connectivity index (χ1n) is 20.6. The van der Waals surface area contributed by atoms with Crippen molar-refractivity contribution >= 4 is 33.1 Å². The number of benzene rings is 3. The number of rotatable bonds is 17. The van der Waals surface area contributed by atoms with Gasteiger partial charge in [0.2, 0.25) is 0 Å². The first kappa shape index (κ1) is 40.9. The summed E-state index contributed by atoms with van der Waals surface area (Å²) in [7, 11) is -2.62. The summed E-state index contributed by atoms with van der Waals surface area (Å²) in [5, 5.41) is 9.30. The number of aromatic nitrogens is 4. The van der Waals surface area contributed by atoms with Gasteiger partial charge in [-0.2, -0.15) is 5.10 Å². The van der Waals surface area contributed by atoms with Crippen molar-refractivity contribution in [2.45, 2.75) is 123 Å². The summed E-state index contributed by atoms with van der Waals surface area (Å²) in [4.78, 5) is 20.3. The molecule has 3 aromatic carbocycles. The molecule has 2 aliphatic rings. The van der Waals surface area contributed by atoms with Crippen LogP contribution < -0.4 is 10.1 Å². The summed E-state index contributed by atoms with van der Waals surface area (Å²) in [6, 6.07) is 21.7. The van der Waals surface area contributed by atoms with Gasteiger partial charge >= 0.3 is 6.03 Å². The number of nitrogens with one attached hydrogen (secondary N) is 1. The van der Waals surface area contributed by atoms with Crippen molar-refractivity contribution in [3.05, 3.63) is 89.0 Å². The largest absolute Gasteiger partial charge is 0.486 e. The smallest absolute Gasteiger partial charge is 0.318 e. The minimum absolute atomic E-state index is 0.0400. The predicted molar refractivity (Wildman–Crippen MR) is 230 cm³/mol. The molecule has 2 amide bonds. The zero-order valence-electron chi connectivity index (χ0n) is 34.8. The quantitative estimate of drug-likeness (QED) is 0.0743. The molecule has 1 N–H and O–H groups in total. The zero-order chi connectivity index (χ0) is 40.3. The molecule has 0 atom stereocenters. The van der Waals surface area contributed by atoms with E-state index in [0.717, 1.165) is 81.6 Å². The second-order valence-electron chi connectivity index (χ2n) is 18.0. The number of hydrogen-bond donors (Lipinski definition) is 1. The van der Waals surface area contributed by atoms with Gasteiger partial charge in [-0.05, 0) is 84.3 Å². The third-order valence-electron chi connectivity index (χ3n) is 11.0. The van der Waals surface area contributed by atoms with Crippen LogP contribution >= 0.6 is 0 Å². The highest BCUT2D eigenvalue weighted by molar-refractivity contribution is 6.76. The Hall–Kier alpha value is -4.31. The molecule has 10 nitrogen and oxygen atoms in total. The number of amides is 2. The van der Waals surface area contributed by atoms with Gasteiger partial charge in [0.15, 0.2) is 17.4 Å². The number of carbonyl (C=O) groups excluding carboxylic acids is 1. The van der Waals surface area contributed by atoms with Crippen molar-refractivity contribution in [3.63, 3.8) is 0 Å². The van der Waals surface area contributed by atoms with E-state index >= 15 is 4.39 Å². The average Bonchev–Trinajstić information content (AvgIpc) is 3.83. The van der Waals surface area contributed by atoms with E-state index in [1.807, 2.05) is 52.0 Å². The third-order valence-corrected chi connectivity index (χ3v) is 14.4. The number of nitrogens with zero attached hydrogens (tertiary/aromatic N) is 5. The fourth-order valence-corrected chi connectivity index (χ4v) is 8.72. The second kappa shape index (κ2) is 17.3. The standard InChI is InChI=1S/C44H59FN6O4Si2/c1-8-32-24-41(55-28-31-13-10-9-11-14-31)37(45)25-36(32)33-17-18-35-39(23-33)51(30-54-20-22-57(5,6)7)48-42(35)43-47-38-26-49(44(52)46-34-15-12-16-34)27-40(38)50(43)29-53-19-21-56(2,3)4/h9-11,13-14,17-18,23-25,34H,8,12,15-16,19-22,26-30H2,1-7H3,(H,46,52). The van der Waals surface area contributed by atoms with E-state index in [1.54, 1.807) is 6.07 Å². The Morgan fingerprint density at radius 1 is 0.912 bits per heavy atom. The molecule has 1 saturated carbocycles. The summed E-state index contributed by atoms with van der Waals surface area (Å²) in [5.41, 5.74) is 7.12. The van der Waals surface area contributed by atoms with Crippen molar-refractivity contribution in [2.75, 3.05) is 13.2 Å². The Bertz CT molecular complexity index is 2190. The molecule has 1 aliphatic heterocycles. The first-order valence-corrected chi connectivity index (χ1v) is 28.0. The minimum atomic E-state index is -1.31. The highest BCUT2D eigenvalue weighted by Gasteiger charge is 2.33. The van der Waals surface area contributed by atoms with Crippen LogP contribution in [0.15, 0.2) is 60.7 Å². The van der Waals surface area contributed by atoms with Crippen LogP contribution in [-0.4, -0.2) is 65.7 Å². The Labute approximate surface area is 338 Å². The van der Waals surface area contributed by atoms with E-state index in [-0.39, 0.29) is 24.6 Å². The number of urea groups is 1. The number of aryl methyl sites for hydroxylation is 1. The van der Waals surface area contributed by atoms with Gasteiger partial charge in [0.05, 0.1) is 30.0 Å². The van der Waals surface area contributed by atoms with Crippen LogP contribution in [0.4, 0.5) is 9.18 Å². The SMILES string of the molecule is CCc1cc(OCc2ccccc2)c(F)cc1-c1ccc2c(-c3nc4c(n3COCC[Si](C)(C)C)CN(C(=O)NC3CCC3)C4)nn(COCC[Si](C)(C)C)c2c1. The minimum Gasteiger partial charge on any atom is -0.486 e. The number of carbonyl (C=O) groups is 1. The van der Waals surface area contributed by atoms with E-state index in [0.29, 0.717) is 51.9 Å². The summed E-state index contributed by atoms with van der Waals surface area (Å²) in [5.74, 6) is 0.559. The monoisotopic (exact) mass is 810 g/mol. The fourth-order valence-electron chi connectivity index (χ4n) is 7.21.